The Balaban J connectivity index is 2.07. The lowest BCUT2D eigenvalue weighted by atomic mass is 9.73. The van der Waals surface area contributed by atoms with Gasteiger partial charge in [-0.1, -0.05) is 26.2 Å². The van der Waals surface area contributed by atoms with Crippen LogP contribution in [0.4, 0.5) is 0 Å². The highest BCUT2D eigenvalue weighted by Gasteiger charge is 2.30. The van der Waals surface area contributed by atoms with Crippen molar-refractivity contribution in [3.05, 3.63) is 20.8 Å². The van der Waals surface area contributed by atoms with Gasteiger partial charge in [0.15, 0.2) is 0 Å². The second-order valence-electron chi connectivity index (χ2n) is 4.17. The Morgan fingerprint density at radius 1 is 1.50 bits per heavy atom. The number of hydrogen-bond acceptors (Lipinski definition) is 2. The summed E-state index contributed by atoms with van der Waals surface area (Å²) >= 11 is 5.12. The first kappa shape index (κ1) is 10.7. The summed E-state index contributed by atoms with van der Waals surface area (Å²) in [6, 6.07) is 0. The zero-order chi connectivity index (χ0) is 10.1. The van der Waals surface area contributed by atoms with Crippen molar-refractivity contribution in [1.29, 1.82) is 0 Å². The van der Waals surface area contributed by atoms with E-state index in [0.29, 0.717) is 5.92 Å². The Labute approximate surface area is 97.3 Å². The van der Waals surface area contributed by atoms with E-state index in [1.165, 1.54) is 19.3 Å². The van der Waals surface area contributed by atoms with Gasteiger partial charge in [-0.3, -0.25) is 0 Å². The smallest absolute Gasteiger partial charge is 0.0837 e. The van der Waals surface area contributed by atoms with Crippen LogP contribution in [-0.4, -0.2) is 5.11 Å². The highest BCUT2D eigenvalue weighted by Crippen LogP contribution is 2.41. The standard InChI is InChI=1S/C11H15BrOS/c1-7(8-3-2-4-8)11(13)9-5-14-6-10(9)12/h5-8,11,13H,2-4H2,1H3. The Morgan fingerprint density at radius 3 is 2.64 bits per heavy atom. The van der Waals surface area contributed by atoms with Crippen LogP contribution in [0.3, 0.4) is 0 Å². The van der Waals surface area contributed by atoms with Gasteiger partial charge in [0.2, 0.25) is 0 Å². The predicted octanol–water partition coefficient (Wildman–Crippen LogP) is 3.98. The van der Waals surface area contributed by atoms with E-state index in [0.717, 1.165) is 16.0 Å². The van der Waals surface area contributed by atoms with E-state index in [1.54, 1.807) is 11.3 Å². The minimum Gasteiger partial charge on any atom is -0.388 e. The average Bonchev–Trinajstić information content (AvgIpc) is 2.47. The summed E-state index contributed by atoms with van der Waals surface area (Å²) in [5.41, 5.74) is 1.06. The van der Waals surface area contributed by atoms with Crippen molar-refractivity contribution in [2.45, 2.75) is 32.3 Å². The number of rotatable bonds is 3. The van der Waals surface area contributed by atoms with Gasteiger partial charge in [0.25, 0.3) is 0 Å². The molecule has 1 heterocycles. The van der Waals surface area contributed by atoms with Crippen molar-refractivity contribution >= 4 is 27.3 Å². The lowest BCUT2D eigenvalue weighted by molar-refractivity contribution is 0.0533. The van der Waals surface area contributed by atoms with Crippen molar-refractivity contribution in [1.82, 2.24) is 0 Å². The van der Waals surface area contributed by atoms with Gasteiger partial charge in [0.1, 0.15) is 0 Å². The molecule has 1 aliphatic rings. The topological polar surface area (TPSA) is 20.2 Å². The summed E-state index contributed by atoms with van der Waals surface area (Å²) in [6.07, 6.45) is 3.63. The first-order valence-electron chi connectivity index (χ1n) is 5.10. The van der Waals surface area contributed by atoms with Gasteiger partial charge >= 0.3 is 0 Å². The third-order valence-electron chi connectivity index (χ3n) is 3.35. The van der Waals surface area contributed by atoms with Gasteiger partial charge in [0, 0.05) is 15.4 Å². The summed E-state index contributed by atoms with van der Waals surface area (Å²) in [5.74, 6) is 1.13. The number of aliphatic hydroxyl groups is 1. The molecule has 0 aromatic carbocycles. The fourth-order valence-electron chi connectivity index (χ4n) is 2.01. The van der Waals surface area contributed by atoms with E-state index in [2.05, 4.69) is 22.9 Å². The minimum atomic E-state index is -0.291. The molecule has 78 valence electrons. The van der Waals surface area contributed by atoms with Gasteiger partial charge < -0.3 is 5.11 Å². The van der Waals surface area contributed by atoms with Crippen LogP contribution in [-0.2, 0) is 0 Å². The van der Waals surface area contributed by atoms with E-state index in [-0.39, 0.29) is 6.10 Å². The molecule has 1 aromatic heterocycles. The lowest BCUT2D eigenvalue weighted by Gasteiger charge is -2.34. The molecule has 0 aliphatic heterocycles. The van der Waals surface area contributed by atoms with Crippen LogP contribution in [0.25, 0.3) is 0 Å². The van der Waals surface area contributed by atoms with E-state index >= 15 is 0 Å². The van der Waals surface area contributed by atoms with Gasteiger partial charge in [-0.25, -0.2) is 0 Å². The van der Waals surface area contributed by atoms with Crippen LogP contribution in [0, 0.1) is 11.8 Å². The molecule has 2 unspecified atom stereocenters. The molecule has 1 fully saturated rings. The largest absolute Gasteiger partial charge is 0.388 e. The second kappa shape index (κ2) is 4.33. The molecule has 2 atom stereocenters. The lowest BCUT2D eigenvalue weighted by Crippen LogP contribution is -2.24. The first-order valence-corrected chi connectivity index (χ1v) is 6.83. The zero-order valence-electron chi connectivity index (χ0n) is 8.24. The first-order chi connectivity index (χ1) is 6.70. The van der Waals surface area contributed by atoms with Crippen LogP contribution in [0.5, 0.6) is 0 Å². The molecule has 14 heavy (non-hydrogen) atoms. The van der Waals surface area contributed by atoms with Crippen molar-refractivity contribution in [3.63, 3.8) is 0 Å². The third kappa shape index (κ3) is 1.90. The monoisotopic (exact) mass is 274 g/mol. The highest BCUT2D eigenvalue weighted by molar-refractivity contribution is 9.10. The third-order valence-corrected chi connectivity index (χ3v) is 5.10. The maximum Gasteiger partial charge on any atom is 0.0837 e. The number of hydrogen-bond donors (Lipinski definition) is 1. The molecule has 1 aromatic rings. The number of aliphatic hydroxyl groups excluding tert-OH is 1. The minimum absolute atomic E-state index is 0.291. The molecule has 0 saturated heterocycles. The molecule has 3 heteroatoms. The molecular formula is C11H15BrOS. The Kier molecular flexibility index (Phi) is 3.30. The predicted molar refractivity (Wildman–Crippen MR) is 63.5 cm³/mol. The fraction of sp³-hybridized carbons (Fsp3) is 0.636. The molecule has 0 amide bonds. The molecule has 0 spiro atoms. The van der Waals surface area contributed by atoms with Gasteiger partial charge in [-0.05, 0) is 33.1 Å². The Hall–Kier alpha value is 0.140. The maximum atomic E-state index is 10.2. The molecular weight excluding hydrogens is 260 g/mol. The Bertz CT molecular complexity index is 306. The quantitative estimate of drug-likeness (QED) is 0.884. The highest BCUT2D eigenvalue weighted by atomic mass is 79.9. The molecule has 2 rings (SSSR count). The SMILES string of the molecule is CC(C1CCC1)C(O)c1cscc1Br. The summed E-state index contributed by atoms with van der Waals surface area (Å²) in [7, 11) is 0. The zero-order valence-corrected chi connectivity index (χ0v) is 10.6. The van der Waals surface area contributed by atoms with Crippen LogP contribution in [0.2, 0.25) is 0 Å². The van der Waals surface area contributed by atoms with Crippen LogP contribution in [0.1, 0.15) is 37.9 Å². The molecule has 1 aliphatic carbocycles. The summed E-state index contributed by atoms with van der Waals surface area (Å²) < 4.78 is 1.06. The second-order valence-corrected chi connectivity index (χ2v) is 5.77. The molecule has 0 radical (unpaired) electrons. The van der Waals surface area contributed by atoms with Crippen molar-refractivity contribution in [3.8, 4) is 0 Å². The molecule has 1 nitrogen and oxygen atoms in total. The molecule has 0 bridgehead atoms. The summed E-state index contributed by atoms with van der Waals surface area (Å²) in [4.78, 5) is 0. The van der Waals surface area contributed by atoms with Gasteiger partial charge in [-0.2, -0.15) is 11.3 Å². The van der Waals surface area contributed by atoms with E-state index in [4.69, 9.17) is 0 Å². The summed E-state index contributed by atoms with van der Waals surface area (Å²) in [6.45, 7) is 2.17. The fourth-order valence-corrected chi connectivity index (χ4v) is 3.57. The number of halogens is 1. The van der Waals surface area contributed by atoms with E-state index in [9.17, 15) is 5.11 Å². The van der Waals surface area contributed by atoms with Gasteiger partial charge in [0.05, 0.1) is 6.10 Å². The average molecular weight is 275 g/mol. The normalized spacial score (nSPS) is 21.6. The van der Waals surface area contributed by atoms with Crippen LogP contribution < -0.4 is 0 Å². The van der Waals surface area contributed by atoms with Gasteiger partial charge in [-0.15, -0.1) is 0 Å². The van der Waals surface area contributed by atoms with E-state index in [1.807, 2.05) is 10.8 Å². The van der Waals surface area contributed by atoms with E-state index < -0.39 is 0 Å². The Morgan fingerprint density at radius 2 is 2.21 bits per heavy atom. The maximum absolute atomic E-state index is 10.2. The van der Waals surface area contributed by atoms with Crippen LogP contribution >= 0.6 is 27.3 Å². The van der Waals surface area contributed by atoms with Crippen molar-refractivity contribution in [2.24, 2.45) is 11.8 Å². The molecule has 1 N–H and O–H groups in total. The molecule has 1 saturated carbocycles. The van der Waals surface area contributed by atoms with Crippen molar-refractivity contribution < 1.29 is 5.11 Å². The summed E-state index contributed by atoms with van der Waals surface area (Å²) in [5, 5.41) is 14.3. The number of thiophene rings is 1. The van der Waals surface area contributed by atoms with Crippen molar-refractivity contribution in [2.75, 3.05) is 0 Å². The van der Waals surface area contributed by atoms with Crippen LogP contribution in [0.15, 0.2) is 15.2 Å².